The van der Waals surface area contributed by atoms with Gasteiger partial charge in [-0.15, -0.1) is 0 Å². The number of rotatable bonds is 5. The molecular formula is C19H21FN2O4S. The van der Waals surface area contributed by atoms with E-state index in [1.165, 1.54) is 19.2 Å². The van der Waals surface area contributed by atoms with Gasteiger partial charge in [-0.3, -0.25) is 9.52 Å². The van der Waals surface area contributed by atoms with Crippen molar-refractivity contribution in [2.45, 2.75) is 24.7 Å². The second kappa shape index (κ2) is 7.66. The SMILES string of the molecule is COCC(=O)N1CCCc2cc(NS(=O)(=O)c3ccc(F)cc3C)ccc21. The van der Waals surface area contributed by atoms with Gasteiger partial charge in [0, 0.05) is 25.0 Å². The molecule has 1 N–H and O–H groups in total. The molecule has 1 aliphatic rings. The molecule has 0 saturated carbocycles. The number of amides is 1. The normalized spacial score (nSPS) is 14.0. The number of aryl methyl sites for hydroxylation is 2. The number of halogens is 1. The Morgan fingerprint density at radius 3 is 2.74 bits per heavy atom. The Bertz CT molecular complexity index is 976. The van der Waals surface area contributed by atoms with Crippen molar-refractivity contribution in [2.75, 3.05) is 29.9 Å². The van der Waals surface area contributed by atoms with Gasteiger partial charge in [0.25, 0.3) is 15.9 Å². The number of nitrogens with one attached hydrogen (secondary N) is 1. The highest BCUT2D eigenvalue weighted by Gasteiger charge is 2.24. The van der Waals surface area contributed by atoms with Gasteiger partial charge in [0.05, 0.1) is 4.90 Å². The maximum atomic E-state index is 13.3. The second-order valence-corrected chi connectivity index (χ2v) is 8.09. The van der Waals surface area contributed by atoms with Crippen LogP contribution >= 0.6 is 0 Å². The monoisotopic (exact) mass is 392 g/mol. The zero-order chi connectivity index (χ0) is 19.6. The predicted molar refractivity (Wildman–Crippen MR) is 101 cm³/mol. The summed E-state index contributed by atoms with van der Waals surface area (Å²) in [6.45, 7) is 2.15. The fraction of sp³-hybridized carbons (Fsp3) is 0.316. The predicted octanol–water partition coefficient (Wildman–Crippen LogP) is 2.86. The minimum absolute atomic E-state index is 0.00232. The third-order valence-electron chi connectivity index (χ3n) is 4.45. The first-order chi connectivity index (χ1) is 12.8. The standard InChI is InChI=1S/C19H21FN2O4S/c1-13-10-15(20)5-8-18(13)27(24,25)21-16-6-7-17-14(11-16)4-3-9-22(17)19(23)12-26-2/h5-8,10-11,21H,3-4,9,12H2,1-2H3. The molecule has 3 rings (SSSR count). The van der Waals surface area contributed by atoms with Crippen molar-refractivity contribution < 1.29 is 22.3 Å². The summed E-state index contributed by atoms with van der Waals surface area (Å²) in [6.07, 6.45) is 1.53. The number of carbonyl (C=O) groups excluding carboxylic acids is 1. The van der Waals surface area contributed by atoms with E-state index >= 15 is 0 Å². The summed E-state index contributed by atoms with van der Waals surface area (Å²) in [6, 6.07) is 8.63. The van der Waals surface area contributed by atoms with E-state index in [1.807, 2.05) is 0 Å². The summed E-state index contributed by atoms with van der Waals surface area (Å²) in [5, 5.41) is 0. The highest BCUT2D eigenvalue weighted by molar-refractivity contribution is 7.92. The molecule has 2 aromatic rings. The van der Waals surface area contributed by atoms with Gasteiger partial charge in [-0.2, -0.15) is 0 Å². The molecule has 0 aliphatic carbocycles. The number of anilines is 2. The number of nitrogens with zero attached hydrogens (tertiary/aromatic N) is 1. The molecule has 8 heteroatoms. The maximum Gasteiger partial charge on any atom is 0.262 e. The number of fused-ring (bicyclic) bond motifs is 1. The van der Waals surface area contributed by atoms with E-state index < -0.39 is 15.8 Å². The van der Waals surface area contributed by atoms with Gasteiger partial charge in [0.1, 0.15) is 12.4 Å². The van der Waals surface area contributed by atoms with Crippen molar-refractivity contribution in [1.82, 2.24) is 0 Å². The summed E-state index contributed by atoms with van der Waals surface area (Å²) in [4.78, 5) is 13.9. The Balaban J connectivity index is 1.88. The molecule has 1 aliphatic heterocycles. The third-order valence-corrected chi connectivity index (χ3v) is 5.99. The van der Waals surface area contributed by atoms with E-state index in [0.717, 1.165) is 30.2 Å². The first-order valence-electron chi connectivity index (χ1n) is 8.53. The van der Waals surface area contributed by atoms with Crippen molar-refractivity contribution in [3.05, 3.63) is 53.3 Å². The van der Waals surface area contributed by atoms with Crippen molar-refractivity contribution >= 4 is 27.3 Å². The summed E-state index contributed by atoms with van der Waals surface area (Å²) in [7, 11) is -2.37. The highest BCUT2D eigenvalue weighted by atomic mass is 32.2. The average molecular weight is 392 g/mol. The van der Waals surface area contributed by atoms with Gasteiger partial charge >= 0.3 is 0 Å². The Hall–Kier alpha value is -2.45. The van der Waals surface area contributed by atoms with Crippen LogP contribution in [0.1, 0.15) is 17.5 Å². The number of carbonyl (C=O) groups is 1. The molecule has 0 aromatic heterocycles. The van der Waals surface area contributed by atoms with Gasteiger partial charge < -0.3 is 9.64 Å². The Morgan fingerprint density at radius 1 is 1.26 bits per heavy atom. The first kappa shape index (κ1) is 19.3. The largest absolute Gasteiger partial charge is 0.375 e. The van der Waals surface area contributed by atoms with Crippen LogP contribution in [0.3, 0.4) is 0 Å². The van der Waals surface area contributed by atoms with E-state index in [2.05, 4.69) is 4.72 Å². The molecule has 1 heterocycles. The molecule has 1 amide bonds. The zero-order valence-electron chi connectivity index (χ0n) is 15.2. The smallest absolute Gasteiger partial charge is 0.262 e. The minimum atomic E-state index is -3.84. The lowest BCUT2D eigenvalue weighted by Gasteiger charge is -2.29. The molecule has 0 radical (unpaired) electrons. The highest BCUT2D eigenvalue weighted by Crippen LogP contribution is 2.31. The average Bonchev–Trinajstić information content (AvgIpc) is 2.60. The van der Waals surface area contributed by atoms with Crippen LogP contribution in [0.25, 0.3) is 0 Å². The number of methoxy groups -OCH3 is 1. The van der Waals surface area contributed by atoms with Crippen LogP contribution in [0, 0.1) is 12.7 Å². The van der Waals surface area contributed by atoms with E-state index in [4.69, 9.17) is 4.74 Å². The quantitative estimate of drug-likeness (QED) is 0.849. The number of sulfonamides is 1. The van der Waals surface area contributed by atoms with Gasteiger partial charge in [-0.25, -0.2) is 12.8 Å². The number of hydrogen-bond donors (Lipinski definition) is 1. The molecule has 144 valence electrons. The van der Waals surface area contributed by atoms with Crippen LogP contribution in [0.5, 0.6) is 0 Å². The van der Waals surface area contributed by atoms with E-state index in [-0.39, 0.29) is 17.4 Å². The second-order valence-electron chi connectivity index (χ2n) is 6.44. The van der Waals surface area contributed by atoms with Crippen molar-refractivity contribution in [3.63, 3.8) is 0 Å². The van der Waals surface area contributed by atoms with E-state index in [1.54, 1.807) is 30.0 Å². The Kier molecular flexibility index (Phi) is 5.48. The summed E-state index contributed by atoms with van der Waals surface area (Å²) in [5.41, 5.74) is 2.39. The number of benzene rings is 2. The van der Waals surface area contributed by atoms with E-state index in [0.29, 0.717) is 17.8 Å². The summed E-state index contributed by atoms with van der Waals surface area (Å²) >= 11 is 0. The van der Waals surface area contributed by atoms with Crippen molar-refractivity contribution in [2.24, 2.45) is 0 Å². The lowest BCUT2D eigenvalue weighted by Crippen LogP contribution is -2.37. The van der Waals surface area contributed by atoms with Crippen LogP contribution in [-0.2, 0) is 26.0 Å². The number of ether oxygens (including phenoxy) is 1. The molecule has 27 heavy (non-hydrogen) atoms. The van der Waals surface area contributed by atoms with Crippen LogP contribution in [0.15, 0.2) is 41.3 Å². The van der Waals surface area contributed by atoms with Gasteiger partial charge in [0.2, 0.25) is 0 Å². The fourth-order valence-electron chi connectivity index (χ4n) is 3.25. The maximum absolute atomic E-state index is 13.3. The van der Waals surface area contributed by atoms with Crippen LogP contribution in [0.4, 0.5) is 15.8 Å². The molecule has 0 spiro atoms. The van der Waals surface area contributed by atoms with Gasteiger partial charge in [-0.1, -0.05) is 0 Å². The van der Waals surface area contributed by atoms with Crippen LogP contribution < -0.4 is 9.62 Å². The van der Waals surface area contributed by atoms with Gasteiger partial charge in [-0.05, 0) is 67.3 Å². The topological polar surface area (TPSA) is 75.7 Å². The Labute approximate surface area is 158 Å². The Morgan fingerprint density at radius 2 is 2.04 bits per heavy atom. The fourth-order valence-corrected chi connectivity index (χ4v) is 4.52. The summed E-state index contributed by atoms with van der Waals surface area (Å²) < 4.78 is 46.0. The van der Waals surface area contributed by atoms with Gasteiger partial charge in [0.15, 0.2) is 0 Å². The molecule has 0 saturated heterocycles. The third kappa shape index (κ3) is 4.12. The molecule has 0 fully saturated rings. The van der Waals surface area contributed by atoms with Crippen molar-refractivity contribution in [1.29, 1.82) is 0 Å². The lowest BCUT2D eigenvalue weighted by atomic mass is 10.0. The molecule has 6 nitrogen and oxygen atoms in total. The number of hydrogen-bond acceptors (Lipinski definition) is 4. The molecule has 2 aromatic carbocycles. The minimum Gasteiger partial charge on any atom is -0.375 e. The van der Waals surface area contributed by atoms with E-state index in [9.17, 15) is 17.6 Å². The van der Waals surface area contributed by atoms with Crippen LogP contribution in [0.2, 0.25) is 0 Å². The molecule has 0 unspecified atom stereocenters. The first-order valence-corrected chi connectivity index (χ1v) is 10.0. The zero-order valence-corrected chi connectivity index (χ0v) is 16.0. The molecule has 0 atom stereocenters. The summed E-state index contributed by atoms with van der Waals surface area (Å²) in [5.74, 6) is -0.616. The van der Waals surface area contributed by atoms with Crippen LogP contribution in [-0.4, -0.2) is 34.6 Å². The van der Waals surface area contributed by atoms with Crippen molar-refractivity contribution in [3.8, 4) is 0 Å². The lowest BCUT2D eigenvalue weighted by molar-refractivity contribution is -0.122. The molecular weight excluding hydrogens is 371 g/mol. The molecule has 0 bridgehead atoms.